The Hall–Kier alpha value is -1.56. The Bertz CT molecular complexity index is 430. The van der Waals surface area contributed by atoms with Gasteiger partial charge in [-0.2, -0.15) is 0 Å². The van der Waals surface area contributed by atoms with Crippen molar-refractivity contribution in [3.05, 3.63) is 78.2 Å². The highest BCUT2D eigenvalue weighted by atomic mass is 14.6. The van der Waals surface area contributed by atoms with Crippen molar-refractivity contribution in [2.45, 2.75) is 12.3 Å². The highest BCUT2D eigenvalue weighted by Crippen LogP contribution is 2.57. The molecule has 0 N–H and O–H groups in total. The van der Waals surface area contributed by atoms with E-state index in [0.29, 0.717) is 5.92 Å². The fourth-order valence-electron chi connectivity index (χ4n) is 2.66. The average molecular weight is 207 g/mol. The maximum Gasteiger partial charge on any atom is 0.0265 e. The quantitative estimate of drug-likeness (QED) is 0.702. The molecule has 1 aliphatic carbocycles. The largest absolute Gasteiger partial charge is 0.0622 e. The first-order chi connectivity index (χ1) is 7.84. The van der Waals surface area contributed by atoms with Crippen molar-refractivity contribution in [3.8, 4) is 0 Å². The summed E-state index contributed by atoms with van der Waals surface area (Å²) < 4.78 is 0. The van der Waals surface area contributed by atoms with Crippen LogP contribution >= 0.6 is 0 Å². The van der Waals surface area contributed by atoms with Crippen LogP contribution in [-0.4, -0.2) is 0 Å². The minimum Gasteiger partial charge on any atom is -0.0622 e. The molecule has 2 aromatic carbocycles. The number of hydrogen-bond donors (Lipinski definition) is 0. The number of hydrogen-bond acceptors (Lipinski definition) is 0. The van der Waals surface area contributed by atoms with Crippen LogP contribution in [0.4, 0.5) is 0 Å². The van der Waals surface area contributed by atoms with Crippen LogP contribution in [0.1, 0.15) is 18.1 Å². The molecule has 1 aliphatic rings. The summed E-state index contributed by atoms with van der Waals surface area (Å²) in [7, 11) is 0. The van der Waals surface area contributed by atoms with Crippen molar-refractivity contribution in [1.82, 2.24) is 0 Å². The third kappa shape index (κ3) is 1.30. The lowest BCUT2D eigenvalue weighted by Crippen LogP contribution is -2.11. The lowest BCUT2D eigenvalue weighted by atomic mass is 9.86. The Morgan fingerprint density at radius 1 is 0.750 bits per heavy atom. The van der Waals surface area contributed by atoms with Crippen LogP contribution in [0, 0.1) is 12.3 Å². The molecule has 0 spiro atoms. The first-order valence-electron chi connectivity index (χ1n) is 5.81. The van der Waals surface area contributed by atoms with E-state index in [-0.39, 0.29) is 5.41 Å². The average Bonchev–Trinajstić information content (AvgIpc) is 3.05. The van der Waals surface area contributed by atoms with Gasteiger partial charge < -0.3 is 0 Å². The van der Waals surface area contributed by atoms with E-state index in [1.54, 1.807) is 0 Å². The predicted molar refractivity (Wildman–Crippen MR) is 67.1 cm³/mol. The third-order valence-corrected chi connectivity index (χ3v) is 3.62. The second-order valence-electron chi connectivity index (χ2n) is 4.56. The van der Waals surface area contributed by atoms with E-state index in [4.69, 9.17) is 0 Å². The lowest BCUT2D eigenvalue weighted by Gasteiger charge is -2.17. The molecule has 0 bridgehead atoms. The molecule has 16 heavy (non-hydrogen) atoms. The highest BCUT2D eigenvalue weighted by molar-refractivity contribution is 5.53. The van der Waals surface area contributed by atoms with Crippen molar-refractivity contribution in [3.63, 3.8) is 0 Å². The molecule has 0 saturated heterocycles. The molecule has 1 radical (unpaired) electrons. The van der Waals surface area contributed by atoms with Gasteiger partial charge in [0.25, 0.3) is 0 Å². The van der Waals surface area contributed by atoms with Crippen LogP contribution in [0.2, 0.25) is 0 Å². The Kier molecular flexibility index (Phi) is 2.10. The van der Waals surface area contributed by atoms with E-state index >= 15 is 0 Å². The van der Waals surface area contributed by atoms with E-state index in [1.807, 2.05) is 0 Å². The second kappa shape index (κ2) is 3.48. The zero-order valence-corrected chi connectivity index (χ0v) is 9.43. The van der Waals surface area contributed by atoms with E-state index < -0.39 is 0 Å². The molecule has 1 fully saturated rings. The van der Waals surface area contributed by atoms with E-state index in [1.165, 1.54) is 11.1 Å². The zero-order valence-electron chi connectivity index (χ0n) is 9.43. The summed E-state index contributed by atoms with van der Waals surface area (Å²) in [6, 6.07) is 21.6. The smallest absolute Gasteiger partial charge is 0.0265 e. The molecular weight excluding hydrogens is 192 g/mol. The van der Waals surface area contributed by atoms with Gasteiger partial charge >= 0.3 is 0 Å². The summed E-state index contributed by atoms with van der Waals surface area (Å²) in [5.41, 5.74) is 2.99. The predicted octanol–water partition coefficient (Wildman–Crippen LogP) is 3.83. The first kappa shape index (κ1) is 9.65. The molecule has 1 unspecified atom stereocenters. The van der Waals surface area contributed by atoms with Gasteiger partial charge in [-0.25, -0.2) is 0 Å². The van der Waals surface area contributed by atoms with Crippen LogP contribution in [0.15, 0.2) is 60.7 Å². The second-order valence-corrected chi connectivity index (χ2v) is 4.56. The normalized spacial score (nSPS) is 21.7. The van der Waals surface area contributed by atoms with Gasteiger partial charge in [0.15, 0.2) is 0 Å². The standard InChI is InChI=1S/C16H15/c1-13-12-16(13,14-8-4-2-5-9-14)15-10-6-3-7-11-15/h2-13H,1H3. The van der Waals surface area contributed by atoms with Crippen LogP contribution < -0.4 is 0 Å². The number of benzene rings is 2. The first-order valence-corrected chi connectivity index (χ1v) is 5.81. The van der Waals surface area contributed by atoms with Gasteiger partial charge in [-0.3, -0.25) is 0 Å². The zero-order chi connectivity index (χ0) is 11.0. The molecule has 2 aromatic rings. The monoisotopic (exact) mass is 207 g/mol. The third-order valence-electron chi connectivity index (χ3n) is 3.62. The minimum atomic E-state index is 0.169. The molecule has 0 aliphatic heterocycles. The van der Waals surface area contributed by atoms with Gasteiger partial charge in [0.05, 0.1) is 0 Å². The van der Waals surface area contributed by atoms with E-state index in [0.717, 1.165) is 0 Å². The summed E-state index contributed by atoms with van der Waals surface area (Å²) in [5.74, 6) is 0.636. The van der Waals surface area contributed by atoms with Crippen molar-refractivity contribution >= 4 is 0 Å². The van der Waals surface area contributed by atoms with Crippen molar-refractivity contribution in [2.75, 3.05) is 0 Å². The van der Waals surface area contributed by atoms with Crippen molar-refractivity contribution in [2.24, 2.45) is 5.92 Å². The molecule has 0 amide bonds. The molecule has 3 rings (SSSR count). The molecule has 1 saturated carbocycles. The fraction of sp³-hybridized carbons (Fsp3) is 0.188. The van der Waals surface area contributed by atoms with Crippen LogP contribution in [0.5, 0.6) is 0 Å². The Balaban J connectivity index is 2.10. The fourth-order valence-corrected chi connectivity index (χ4v) is 2.66. The minimum absolute atomic E-state index is 0.169. The molecule has 0 heteroatoms. The highest BCUT2D eigenvalue weighted by Gasteiger charge is 2.53. The topological polar surface area (TPSA) is 0 Å². The van der Waals surface area contributed by atoms with Gasteiger partial charge in [0, 0.05) is 5.41 Å². The van der Waals surface area contributed by atoms with Crippen LogP contribution in [0.25, 0.3) is 0 Å². The molecule has 0 aromatic heterocycles. The molecule has 79 valence electrons. The van der Waals surface area contributed by atoms with E-state index in [9.17, 15) is 0 Å². The van der Waals surface area contributed by atoms with Crippen molar-refractivity contribution < 1.29 is 0 Å². The summed E-state index contributed by atoms with van der Waals surface area (Å²) in [5, 5.41) is 0. The molecule has 1 atom stereocenters. The summed E-state index contributed by atoms with van der Waals surface area (Å²) in [6.07, 6.45) is 2.43. The van der Waals surface area contributed by atoms with Crippen LogP contribution in [-0.2, 0) is 5.41 Å². The lowest BCUT2D eigenvalue weighted by molar-refractivity contribution is 0.751. The number of rotatable bonds is 2. The van der Waals surface area contributed by atoms with E-state index in [2.05, 4.69) is 74.0 Å². The molecular formula is C16H15. The van der Waals surface area contributed by atoms with Gasteiger partial charge in [0.2, 0.25) is 0 Å². The molecule has 0 nitrogen and oxygen atoms in total. The molecule has 0 heterocycles. The summed E-state index contributed by atoms with van der Waals surface area (Å²) >= 11 is 0. The SMILES string of the molecule is CC1[CH]C1(c1ccccc1)c1ccccc1. The van der Waals surface area contributed by atoms with Crippen LogP contribution in [0.3, 0.4) is 0 Å². The van der Waals surface area contributed by atoms with Gasteiger partial charge in [-0.05, 0) is 23.5 Å². The van der Waals surface area contributed by atoms with Gasteiger partial charge in [0.1, 0.15) is 0 Å². The van der Waals surface area contributed by atoms with Gasteiger partial charge in [-0.1, -0.05) is 67.6 Å². The maximum atomic E-state index is 2.43. The summed E-state index contributed by atoms with van der Waals surface area (Å²) in [6.45, 7) is 2.29. The Labute approximate surface area is 96.9 Å². The summed E-state index contributed by atoms with van der Waals surface area (Å²) in [4.78, 5) is 0. The Morgan fingerprint density at radius 2 is 1.12 bits per heavy atom. The maximum absolute atomic E-state index is 2.43. The Morgan fingerprint density at radius 3 is 1.44 bits per heavy atom. The van der Waals surface area contributed by atoms with Gasteiger partial charge in [-0.15, -0.1) is 0 Å². The van der Waals surface area contributed by atoms with Crippen molar-refractivity contribution in [1.29, 1.82) is 0 Å².